The average molecular weight is 475 g/mol. The van der Waals surface area contributed by atoms with E-state index < -0.39 is 17.9 Å². The number of carboxylic acid groups (broad SMARTS) is 1. The summed E-state index contributed by atoms with van der Waals surface area (Å²) in [5.74, 6) is -0.184. The van der Waals surface area contributed by atoms with Crippen LogP contribution in [0.5, 0.6) is 0 Å². The normalized spacial score (nSPS) is 12.6. The summed E-state index contributed by atoms with van der Waals surface area (Å²) in [6.07, 6.45) is 0.338. The highest BCUT2D eigenvalue weighted by Gasteiger charge is 2.23. The van der Waals surface area contributed by atoms with Gasteiger partial charge < -0.3 is 15.3 Å². The molecule has 172 valence electrons. The van der Waals surface area contributed by atoms with Crippen LogP contribution < -0.4 is 10.2 Å². The Labute approximate surface area is 198 Å². The average Bonchev–Trinajstić information content (AvgIpc) is 2.79. The summed E-state index contributed by atoms with van der Waals surface area (Å²) in [4.78, 5) is 38.2. The highest BCUT2D eigenvalue weighted by Crippen LogP contribution is 2.19. The fraction of sp³-hybridized carbons (Fsp3) is 0.375. The smallest absolute Gasteiger partial charge is 0.326 e. The molecule has 0 aliphatic rings. The van der Waals surface area contributed by atoms with E-state index in [1.54, 1.807) is 43.0 Å². The molecule has 0 heterocycles. The van der Waals surface area contributed by atoms with Gasteiger partial charge in [-0.25, -0.2) is 4.79 Å². The minimum Gasteiger partial charge on any atom is -0.480 e. The standard InChI is InChI=1S/C24H30N2O4S2/c1-17(15-32-24(30)19-7-5-4-6-8-19)22(27)25-21(23(28)29)13-14-31-16-18-9-11-20(12-10-18)26(2)3/h4-12,17,21H,13-16H2,1-3H3,(H,25,27)(H,28,29)/t17?,21-/m0/s1. The molecule has 6 nitrogen and oxygen atoms in total. The zero-order valence-corrected chi connectivity index (χ0v) is 20.2. The molecule has 0 aliphatic heterocycles. The van der Waals surface area contributed by atoms with Gasteiger partial charge in [0.05, 0.1) is 0 Å². The zero-order valence-electron chi connectivity index (χ0n) is 18.6. The highest BCUT2D eigenvalue weighted by molar-refractivity contribution is 8.14. The molecule has 2 aromatic rings. The fourth-order valence-corrected chi connectivity index (χ4v) is 4.62. The Hall–Kier alpha value is -2.45. The molecule has 0 saturated heterocycles. The Morgan fingerprint density at radius 1 is 1.03 bits per heavy atom. The van der Waals surface area contributed by atoms with Crippen molar-refractivity contribution in [3.63, 3.8) is 0 Å². The lowest BCUT2D eigenvalue weighted by Gasteiger charge is -2.17. The number of hydrogen-bond acceptors (Lipinski definition) is 6. The van der Waals surface area contributed by atoms with E-state index in [0.717, 1.165) is 23.2 Å². The molecule has 0 spiro atoms. The predicted molar refractivity (Wildman–Crippen MR) is 134 cm³/mol. The summed E-state index contributed by atoms with van der Waals surface area (Å²) in [6, 6.07) is 16.2. The van der Waals surface area contributed by atoms with Crippen LogP contribution in [0.3, 0.4) is 0 Å². The van der Waals surface area contributed by atoms with Crippen LogP contribution in [-0.4, -0.2) is 53.7 Å². The maximum Gasteiger partial charge on any atom is 0.326 e. The molecular weight excluding hydrogens is 444 g/mol. The molecule has 0 aromatic heterocycles. The van der Waals surface area contributed by atoms with Crippen molar-refractivity contribution >= 4 is 46.2 Å². The third-order valence-electron chi connectivity index (χ3n) is 4.81. The van der Waals surface area contributed by atoms with Crippen molar-refractivity contribution in [3.05, 3.63) is 65.7 Å². The van der Waals surface area contributed by atoms with E-state index in [2.05, 4.69) is 29.6 Å². The third-order valence-corrected chi connectivity index (χ3v) is 7.03. The summed E-state index contributed by atoms with van der Waals surface area (Å²) in [5, 5.41) is 12.0. The number of nitrogens with zero attached hydrogens (tertiary/aromatic N) is 1. The van der Waals surface area contributed by atoms with Crippen molar-refractivity contribution in [2.45, 2.75) is 25.1 Å². The predicted octanol–water partition coefficient (Wildman–Crippen LogP) is 4.16. The maximum atomic E-state index is 12.4. The molecule has 1 unspecified atom stereocenters. The summed E-state index contributed by atoms with van der Waals surface area (Å²) in [7, 11) is 3.98. The first kappa shape index (κ1) is 25.8. The van der Waals surface area contributed by atoms with Gasteiger partial charge >= 0.3 is 5.97 Å². The van der Waals surface area contributed by atoms with Gasteiger partial charge in [-0.05, 0) is 29.9 Å². The van der Waals surface area contributed by atoms with E-state index in [-0.39, 0.29) is 11.0 Å². The Balaban J connectivity index is 1.74. The van der Waals surface area contributed by atoms with Gasteiger partial charge in [-0.1, -0.05) is 61.2 Å². The second-order valence-corrected chi connectivity index (χ2v) is 9.77. The summed E-state index contributed by atoms with van der Waals surface area (Å²) in [5.41, 5.74) is 2.89. The zero-order chi connectivity index (χ0) is 23.5. The number of carbonyl (C=O) groups is 3. The minimum absolute atomic E-state index is 0.102. The van der Waals surface area contributed by atoms with Gasteiger partial charge in [-0.15, -0.1) is 0 Å². The molecule has 8 heteroatoms. The van der Waals surface area contributed by atoms with Crippen LogP contribution in [0.4, 0.5) is 5.69 Å². The van der Waals surface area contributed by atoms with Gasteiger partial charge in [0.25, 0.3) is 0 Å². The third kappa shape index (κ3) is 8.59. The lowest BCUT2D eigenvalue weighted by Crippen LogP contribution is -2.44. The van der Waals surface area contributed by atoms with E-state index in [1.807, 2.05) is 25.1 Å². The van der Waals surface area contributed by atoms with Crippen molar-refractivity contribution in [1.82, 2.24) is 5.32 Å². The number of rotatable bonds is 12. The molecule has 0 saturated carbocycles. The minimum atomic E-state index is -1.05. The maximum absolute atomic E-state index is 12.4. The summed E-state index contributed by atoms with van der Waals surface area (Å²) in [6.45, 7) is 1.70. The highest BCUT2D eigenvalue weighted by atomic mass is 32.2. The van der Waals surface area contributed by atoms with E-state index in [9.17, 15) is 19.5 Å². The van der Waals surface area contributed by atoms with Crippen LogP contribution in [0.25, 0.3) is 0 Å². The number of amides is 1. The number of aliphatic carboxylic acids is 1. The van der Waals surface area contributed by atoms with E-state index in [0.29, 0.717) is 23.5 Å². The first-order valence-corrected chi connectivity index (χ1v) is 12.5. The SMILES string of the molecule is CC(CSC(=O)c1ccccc1)C(=O)N[C@@H](CCSCc1ccc(N(C)C)cc1)C(=O)O. The Kier molecular flexibility index (Phi) is 10.6. The monoisotopic (exact) mass is 474 g/mol. The number of carbonyl (C=O) groups excluding carboxylic acids is 2. The van der Waals surface area contributed by atoms with Crippen LogP contribution in [0.2, 0.25) is 0 Å². The molecule has 2 atom stereocenters. The number of hydrogen-bond donors (Lipinski definition) is 2. The largest absolute Gasteiger partial charge is 0.480 e. The lowest BCUT2D eigenvalue weighted by atomic mass is 10.1. The topological polar surface area (TPSA) is 86.7 Å². The van der Waals surface area contributed by atoms with Crippen molar-refractivity contribution in [2.75, 3.05) is 30.5 Å². The molecule has 0 radical (unpaired) electrons. The van der Waals surface area contributed by atoms with Crippen LogP contribution in [0, 0.1) is 5.92 Å². The lowest BCUT2D eigenvalue weighted by molar-refractivity contribution is -0.142. The van der Waals surface area contributed by atoms with Gasteiger partial charge in [-0.2, -0.15) is 11.8 Å². The van der Waals surface area contributed by atoms with Gasteiger partial charge in [0, 0.05) is 42.8 Å². The molecule has 2 N–H and O–H groups in total. The number of benzene rings is 2. The van der Waals surface area contributed by atoms with Gasteiger partial charge in [0.15, 0.2) is 0 Å². The van der Waals surface area contributed by atoms with Crippen molar-refractivity contribution in [1.29, 1.82) is 0 Å². The molecule has 32 heavy (non-hydrogen) atoms. The number of nitrogens with one attached hydrogen (secondary N) is 1. The van der Waals surface area contributed by atoms with Crippen LogP contribution in [-0.2, 0) is 15.3 Å². The Morgan fingerprint density at radius 2 is 1.69 bits per heavy atom. The van der Waals surface area contributed by atoms with Gasteiger partial charge in [0.2, 0.25) is 11.0 Å². The molecule has 0 aliphatic carbocycles. The molecule has 0 fully saturated rings. The van der Waals surface area contributed by atoms with Gasteiger partial charge in [-0.3, -0.25) is 9.59 Å². The molecule has 2 aromatic carbocycles. The number of thioether (sulfide) groups is 2. The fourth-order valence-electron chi connectivity index (χ4n) is 2.79. The quantitative estimate of drug-likeness (QED) is 0.447. The molecule has 1 amide bonds. The van der Waals surface area contributed by atoms with Crippen LogP contribution >= 0.6 is 23.5 Å². The first-order valence-electron chi connectivity index (χ1n) is 10.4. The summed E-state index contributed by atoms with van der Waals surface area (Å²) < 4.78 is 0. The van der Waals surface area contributed by atoms with Crippen molar-refractivity contribution in [2.24, 2.45) is 5.92 Å². The summed E-state index contributed by atoms with van der Waals surface area (Å²) >= 11 is 2.71. The van der Waals surface area contributed by atoms with E-state index in [4.69, 9.17) is 0 Å². The van der Waals surface area contributed by atoms with E-state index >= 15 is 0 Å². The van der Waals surface area contributed by atoms with E-state index in [1.165, 1.54) is 5.56 Å². The molecule has 0 bridgehead atoms. The van der Waals surface area contributed by atoms with Crippen molar-refractivity contribution in [3.8, 4) is 0 Å². The molecular formula is C24H30N2O4S2. The van der Waals surface area contributed by atoms with Crippen LogP contribution in [0.1, 0.15) is 29.3 Å². The number of anilines is 1. The second-order valence-electron chi connectivity index (χ2n) is 7.67. The van der Waals surface area contributed by atoms with Crippen LogP contribution in [0.15, 0.2) is 54.6 Å². The van der Waals surface area contributed by atoms with Crippen molar-refractivity contribution < 1.29 is 19.5 Å². The Morgan fingerprint density at radius 3 is 2.28 bits per heavy atom. The van der Waals surface area contributed by atoms with Gasteiger partial charge in [0.1, 0.15) is 6.04 Å². The Bertz CT molecular complexity index is 889. The number of carboxylic acids is 1. The molecule has 2 rings (SSSR count). The first-order chi connectivity index (χ1) is 15.3. The second kappa shape index (κ2) is 13.2.